The zero-order valence-electron chi connectivity index (χ0n) is 16.9. The van der Waals surface area contributed by atoms with Crippen LogP contribution >= 0.6 is 0 Å². The number of rotatable bonds is 5. The average molecular weight is 397 g/mol. The lowest BCUT2D eigenvalue weighted by molar-refractivity contribution is 0.254. The smallest absolute Gasteiger partial charge is 0.193 e. The Morgan fingerprint density at radius 1 is 1.17 bits per heavy atom. The number of benzene rings is 2. The summed E-state index contributed by atoms with van der Waals surface area (Å²) in [6.07, 6.45) is 1.95. The molecule has 0 amide bonds. The fraction of sp³-hybridized carbons (Fsp3) is 0.409. The molecule has 7 nitrogen and oxygen atoms in total. The summed E-state index contributed by atoms with van der Waals surface area (Å²) in [6, 6.07) is 9.71. The third-order valence-electron chi connectivity index (χ3n) is 4.82. The van der Waals surface area contributed by atoms with E-state index in [2.05, 4.69) is 23.3 Å². The second-order valence-corrected chi connectivity index (χ2v) is 7.17. The summed E-state index contributed by atoms with van der Waals surface area (Å²) in [7, 11) is 0. The van der Waals surface area contributed by atoms with E-state index in [4.69, 9.17) is 24.7 Å². The van der Waals surface area contributed by atoms with Gasteiger partial charge in [-0.2, -0.15) is 0 Å². The van der Waals surface area contributed by atoms with Crippen LogP contribution in [0.2, 0.25) is 0 Å². The monoisotopic (exact) mass is 397 g/mol. The van der Waals surface area contributed by atoms with E-state index in [-0.39, 0.29) is 6.10 Å². The van der Waals surface area contributed by atoms with E-state index in [0.717, 1.165) is 41.3 Å². The van der Waals surface area contributed by atoms with Crippen molar-refractivity contribution in [2.75, 3.05) is 25.1 Å². The topological polar surface area (TPSA) is 87.3 Å². The van der Waals surface area contributed by atoms with Gasteiger partial charge in [0.1, 0.15) is 17.6 Å². The standard InChI is InChI=1S/C22H27N3O4/c1-3-26-19-10-15-9-14(2)29-20(15)11-16(19)13-24-22(23)25-17-5-6-18-21(12-17)28-8-4-7-27-18/h5-6,10-12,14H,3-4,7-9,13H2,1-2H3,(H3,23,24,25). The summed E-state index contributed by atoms with van der Waals surface area (Å²) >= 11 is 0. The van der Waals surface area contributed by atoms with Crippen molar-refractivity contribution in [1.82, 2.24) is 0 Å². The van der Waals surface area contributed by atoms with Crippen molar-refractivity contribution >= 4 is 11.6 Å². The molecule has 154 valence electrons. The van der Waals surface area contributed by atoms with Gasteiger partial charge in [0.05, 0.1) is 26.4 Å². The maximum atomic E-state index is 6.11. The van der Waals surface area contributed by atoms with Crippen LogP contribution in [-0.4, -0.2) is 31.9 Å². The van der Waals surface area contributed by atoms with E-state index < -0.39 is 0 Å². The van der Waals surface area contributed by atoms with Crippen LogP contribution in [0.5, 0.6) is 23.0 Å². The third kappa shape index (κ3) is 4.50. The molecule has 2 heterocycles. The summed E-state index contributed by atoms with van der Waals surface area (Å²) in [5.74, 6) is 3.51. The molecule has 0 aromatic heterocycles. The summed E-state index contributed by atoms with van der Waals surface area (Å²) in [5, 5.41) is 3.11. The number of nitrogens with one attached hydrogen (secondary N) is 1. The number of hydrogen-bond donors (Lipinski definition) is 2. The minimum absolute atomic E-state index is 0.185. The Kier molecular flexibility index (Phi) is 5.64. The Morgan fingerprint density at radius 2 is 2.00 bits per heavy atom. The van der Waals surface area contributed by atoms with E-state index in [9.17, 15) is 0 Å². The summed E-state index contributed by atoms with van der Waals surface area (Å²) in [5.41, 5.74) is 9.03. The van der Waals surface area contributed by atoms with E-state index in [0.29, 0.717) is 38.1 Å². The molecule has 0 saturated carbocycles. The van der Waals surface area contributed by atoms with Crippen LogP contribution in [0.3, 0.4) is 0 Å². The number of aliphatic imine (C=N–C) groups is 1. The average Bonchev–Trinajstić information content (AvgIpc) is 2.90. The zero-order valence-corrected chi connectivity index (χ0v) is 16.9. The Bertz CT molecular complexity index is 913. The highest BCUT2D eigenvalue weighted by atomic mass is 16.5. The molecule has 2 aliphatic heterocycles. The van der Waals surface area contributed by atoms with Crippen LogP contribution < -0.4 is 30.0 Å². The number of ether oxygens (including phenoxy) is 4. The summed E-state index contributed by atoms with van der Waals surface area (Å²) in [6.45, 7) is 6.32. The van der Waals surface area contributed by atoms with Gasteiger partial charge in [-0.3, -0.25) is 0 Å². The first-order valence-corrected chi connectivity index (χ1v) is 10.0. The van der Waals surface area contributed by atoms with Gasteiger partial charge in [-0.25, -0.2) is 4.99 Å². The molecule has 4 rings (SSSR count). The molecule has 0 spiro atoms. The fourth-order valence-electron chi connectivity index (χ4n) is 3.49. The van der Waals surface area contributed by atoms with Crippen molar-refractivity contribution in [3.63, 3.8) is 0 Å². The quantitative estimate of drug-likeness (QED) is 0.593. The predicted molar refractivity (Wildman–Crippen MR) is 112 cm³/mol. The molecule has 0 radical (unpaired) electrons. The van der Waals surface area contributed by atoms with Crippen molar-refractivity contribution in [1.29, 1.82) is 0 Å². The molecule has 0 saturated heterocycles. The molecular weight excluding hydrogens is 370 g/mol. The highest BCUT2D eigenvalue weighted by Gasteiger charge is 2.21. The first kappa shape index (κ1) is 19.2. The molecule has 2 aliphatic rings. The zero-order chi connectivity index (χ0) is 20.2. The van der Waals surface area contributed by atoms with Gasteiger partial charge in [0.25, 0.3) is 0 Å². The number of hydrogen-bond acceptors (Lipinski definition) is 5. The minimum Gasteiger partial charge on any atom is -0.494 e. The molecule has 1 unspecified atom stereocenters. The minimum atomic E-state index is 0.185. The molecule has 1 atom stereocenters. The van der Waals surface area contributed by atoms with Gasteiger partial charge in [-0.1, -0.05) is 0 Å². The molecule has 29 heavy (non-hydrogen) atoms. The first-order chi connectivity index (χ1) is 14.1. The maximum absolute atomic E-state index is 6.11. The SMILES string of the molecule is CCOc1cc2c(cc1CN=C(N)Nc1ccc3c(c1)OCCCO3)OC(C)C2. The van der Waals surface area contributed by atoms with E-state index in [1.807, 2.05) is 31.2 Å². The Labute approximate surface area is 170 Å². The predicted octanol–water partition coefficient (Wildman–Crippen LogP) is 3.50. The maximum Gasteiger partial charge on any atom is 0.193 e. The van der Waals surface area contributed by atoms with Crippen LogP contribution in [0, 0.1) is 0 Å². The molecular formula is C22H27N3O4. The molecule has 2 aromatic rings. The first-order valence-electron chi connectivity index (χ1n) is 10.0. The third-order valence-corrected chi connectivity index (χ3v) is 4.82. The number of nitrogens with two attached hydrogens (primary N) is 1. The van der Waals surface area contributed by atoms with Gasteiger partial charge >= 0.3 is 0 Å². The number of guanidine groups is 1. The van der Waals surface area contributed by atoms with E-state index >= 15 is 0 Å². The van der Waals surface area contributed by atoms with Gasteiger partial charge in [-0.05, 0) is 38.1 Å². The second kappa shape index (κ2) is 8.51. The fourth-order valence-corrected chi connectivity index (χ4v) is 3.49. The van der Waals surface area contributed by atoms with Crippen LogP contribution in [0.4, 0.5) is 5.69 Å². The van der Waals surface area contributed by atoms with Crippen molar-refractivity contribution < 1.29 is 18.9 Å². The van der Waals surface area contributed by atoms with Crippen LogP contribution in [0.1, 0.15) is 31.4 Å². The van der Waals surface area contributed by atoms with Crippen LogP contribution in [-0.2, 0) is 13.0 Å². The van der Waals surface area contributed by atoms with Crippen molar-refractivity contribution in [2.45, 2.75) is 39.3 Å². The molecule has 3 N–H and O–H groups in total. The second-order valence-electron chi connectivity index (χ2n) is 7.17. The Balaban J connectivity index is 1.48. The van der Waals surface area contributed by atoms with Gasteiger partial charge in [0.15, 0.2) is 17.5 Å². The highest BCUT2D eigenvalue weighted by molar-refractivity contribution is 5.92. The van der Waals surface area contributed by atoms with Gasteiger partial charge in [0, 0.05) is 35.7 Å². The van der Waals surface area contributed by atoms with Crippen molar-refractivity contribution in [2.24, 2.45) is 10.7 Å². The largest absolute Gasteiger partial charge is 0.494 e. The molecule has 0 aliphatic carbocycles. The molecule has 0 fully saturated rings. The van der Waals surface area contributed by atoms with Crippen LogP contribution in [0.15, 0.2) is 35.3 Å². The van der Waals surface area contributed by atoms with Gasteiger partial charge in [-0.15, -0.1) is 0 Å². The summed E-state index contributed by atoms with van der Waals surface area (Å²) < 4.78 is 23.0. The van der Waals surface area contributed by atoms with Gasteiger partial charge < -0.3 is 30.0 Å². The van der Waals surface area contributed by atoms with Crippen LogP contribution in [0.25, 0.3) is 0 Å². The van der Waals surface area contributed by atoms with Crippen molar-refractivity contribution in [3.8, 4) is 23.0 Å². The highest BCUT2D eigenvalue weighted by Crippen LogP contribution is 2.35. The molecule has 0 bridgehead atoms. The lowest BCUT2D eigenvalue weighted by Gasteiger charge is -2.12. The number of anilines is 1. The lowest BCUT2D eigenvalue weighted by Crippen LogP contribution is -2.22. The lowest BCUT2D eigenvalue weighted by atomic mass is 10.1. The van der Waals surface area contributed by atoms with E-state index in [1.54, 1.807) is 0 Å². The van der Waals surface area contributed by atoms with Crippen molar-refractivity contribution in [3.05, 3.63) is 41.5 Å². The molecule has 2 aromatic carbocycles. The Hall–Kier alpha value is -3.09. The van der Waals surface area contributed by atoms with Gasteiger partial charge in [0.2, 0.25) is 0 Å². The normalized spacial score (nSPS) is 17.9. The number of nitrogens with zero attached hydrogens (tertiary/aromatic N) is 1. The Morgan fingerprint density at radius 3 is 2.83 bits per heavy atom. The number of fused-ring (bicyclic) bond motifs is 2. The van der Waals surface area contributed by atoms with E-state index in [1.165, 1.54) is 5.56 Å². The summed E-state index contributed by atoms with van der Waals surface area (Å²) in [4.78, 5) is 4.48. The molecule has 7 heteroatoms.